The summed E-state index contributed by atoms with van der Waals surface area (Å²) in [4.78, 5) is 32.5. The Labute approximate surface area is 216 Å². The van der Waals surface area contributed by atoms with Crippen LogP contribution in [0.2, 0.25) is 10.0 Å². The summed E-state index contributed by atoms with van der Waals surface area (Å²) >= 11 is 12.8. The third-order valence-electron chi connectivity index (χ3n) is 4.04. The molecule has 0 aliphatic rings. The molecule has 0 fully saturated rings. The SMILES string of the molecule is Cc1cc(OCC(=O)NN=Cc2ccc(Cl)cc2)nc(SCC(=O)NN=Cc2ccc(Cl)cc2)n1. The Kier molecular flexibility index (Phi) is 10.0. The van der Waals surface area contributed by atoms with E-state index in [9.17, 15) is 9.59 Å². The Bertz CT molecular complexity index is 1130. The van der Waals surface area contributed by atoms with Crippen molar-refractivity contribution in [3.8, 4) is 5.88 Å². The van der Waals surface area contributed by atoms with Crippen LogP contribution in [-0.4, -0.2) is 46.6 Å². The molecule has 180 valence electrons. The lowest BCUT2D eigenvalue weighted by molar-refractivity contribution is -0.123. The van der Waals surface area contributed by atoms with Crippen LogP contribution < -0.4 is 15.6 Å². The molecule has 0 spiro atoms. The van der Waals surface area contributed by atoms with E-state index >= 15 is 0 Å². The van der Waals surface area contributed by atoms with Crippen LogP contribution in [0.4, 0.5) is 0 Å². The number of benzene rings is 2. The van der Waals surface area contributed by atoms with E-state index in [-0.39, 0.29) is 24.1 Å². The largest absolute Gasteiger partial charge is 0.467 e. The average molecular weight is 531 g/mol. The Morgan fingerprint density at radius 2 is 1.46 bits per heavy atom. The molecule has 2 aromatic carbocycles. The summed E-state index contributed by atoms with van der Waals surface area (Å²) in [5.74, 6) is -0.539. The minimum Gasteiger partial charge on any atom is -0.467 e. The second-order valence-corrected chi connectivity index (χ2v) is 8.71. The lowest BCUT2D eigenvalue weighted by Gasteiger charge is -2.07. The summed E-state index contributed by atoms with van der Waals surface area (Å²) in [6.07, 6.45) is 3.00. The van der Waals surface area contributed by atoms with Gasteiger partial charge in [0.05, 0.1) is 18.2 Å². The van der Waals surface area contributed by atoms with Gasteiger partial charge in [0, 0.05) is 21.8 Å². The number of carbonyl (C=O) groups excluding carboxylic acids is 2. The molecule has 1 heterocycles. The Morgan fingerprint density at radius 1 is 0.914 bits per heavy atom. The Balaban J connectivity index is 1.43. The van der Waals surface area contributed by atoms with E-state index < -0.39 is 5.91 Å². The van der Waals surface area contributed by atoms with E-state index in [2.05, 4.69) is 31.0 Å². The number of hydrogen-bond acceptors (Lipinski definition) is 8. The summed E-state index contributed by atoms with van der Waals surface area (Å²) < 4.78 is 5.44. The van der Waals surface area contributed by atoms with Crippen molar-refractivity contribution in [2.24, 2.45) is 10.2 Å². The smallest absolute Gasteiger partial charge is 0.278 e. The summed E-state index contributed by atoms with van der Waals surface area (Å²) in [5.41, 5.74) is 7.01. The number of aromatic nitrogens is 2. The number of hydrazone groups is 2. The molecule has 9 nitrogen and oxygen atoms in total. The zero-order chi connectivity index (χ0) is 25.0. The van der Waals surface area contributed by atoms with Crippen molar-refractivity contribution >= 4 is 59.2 Å². The maximum Gasteiger partial charge on any atom is 0.278 e. The van der Waals surface area contributed by atoms with E-state index in [1.165, 1.54) is 12.4 Å². The molecule has 1 aromatic heterocycles. The monoisotopic (exact) mass is 530 g/mol. The maximum atomic E-state index is 12.0. The molecule has 0 radical (unpaired) electrons. The first-order valence-electron chi connectivity index (χ1n) is 10.1. The van der Waals surface area contributed by atoms with Crippen LogP contribution >= 0.6 is 35.0 Å². The number of halogens is 2. The normalized spacial score (nSPS) is 11.1. The van der Waals surface area contributed by atoms with E-state index in [0.29, 0.717) is 20.9 Å². The lowest BCUT2D eigenvalue weighted by atomic mass is 10.2. The van der Waals surface area contributed by atoms with Gasteiger partial charge in [-0.1, -0.05) is 59.2 Å². The minimum atomic E-state index is -0.460. The van der Waals surface area contributed by atoms with Gasteiger partial charge < -0.3 is 4.74 Å². The molecular weight excluding hydrogens is 511 g/mol. The quantitative estimate of drug-likeness (QED) is 0.178. The van der Waals surface area contributed by atoms with Crippen molar-refractivity contribution in [1.82, 2.24) is 20.8 Å². The predicted octanol–water partition coefficient (Wildman–Crippen LogP) is 3.86. The molecule has 0 bridgehead atoms. The van der Waals surface area contributed by atoms with Crippen molar-refractivity contribution in [3.05, 3.63) is 81.5 Å². The summed E-state index contributed by atoms with van der Waals surface area (Å²) in [6.45, 7) is 1.46. The molecule has 0 atom stereocenters. The van der Waals surface area contributed by atoms with Crippen molar-refractivity contribution in [3.63, 3.8) is 0 Å². The van der Waals surface area contributed by atoms with Crippen molar-refractivity contribution in [2.45, 2.75) is 12.1 Å². The predicted molar refractivity (Wildman–Crippen MR) is 137 cm³/mol. The first-order valence-corrected chi connectivity index (χ1v) is 11.9. The number of nitrogens with one attached hydrogen (secondary N) is 2. The van der Waals surface area contributed by atoms with Crippen LogP contribution in [0.1, 0.15) is 16.8 Å². The van der Waals surface area contributed by atoms with Crippen LogP contribution in [-0.2, 0) is 9.59 Å². The molecule has 2 N–H and O–H groups in total. The standard InChI is InChI=1S/C23H20Cl2N6O3S/c1-15-10-22(34-13-20(32)30-26-11-16-2-6-18(24)7-3-16)29-23(28-15)35-14-21(33)31-27-12-17-4-8-19(25)9-5-17/h2-12H,13-14H2,1H3,(H,30,32)(H,31,33). The molecule has 3 rings (SSSR count). The maximum absolute atomic E-state index is 12.0. The van der Waals surface area contributed by atoms with Crippen molar-refractivity contribution < 1.29 is 14.3 Å². The number of ether oxygens (including phenoxy) is 1. The van der Waals surface area contributed by atoms with E-state index in [4.69, 9.17) is 27.9 Å². The van der Waals surface area contributed by atoms with Crippen LogP contribution in [0.25, 0.3) is 0 Å². The van der Waals surface area contributed by atoms with E-state index in [0.717, 1.165) is 22.9 Å². The van der Waals surface area contributed by atoms with Crippen LogP contribution in [0.5, 0.6) is 5.88 Å². The zero-order valence-electron chi connectivity index (χ0n) is 18.4. The van der Waals surface area contributed by atoms with Gasteiger partial charge >= 0.3 is 0 Å². The Hall–Kier alpha value is -3.47. The number of nitrogens with zero attached hydrogens (tertiary/aromatic N) is 4. The highest BCUT2D eigenvalue weighted by Gasteiger charge is 2.09. The lowest BCUT2D eigenvalue weighted by Crippen LogP contribution is -2.25. The summed E-state index contributed by atoms with van der Waals surface area (Å²) in [7, 11) is 0. The second kappa shape index (κ2) is 13.4. The number of carbonyl (C=O) groups is 2. The fourth-order valence-electron chi connectivity index (χ4n) is 2.44. The minimum absolute atomic E-state index is 0.0424. The van der Waals surface area contributed by atoms with Crippen LogP contribution in [0.3, 0.4) is 0 Å². The van der Waals surface area contributed by atoms with Crippen molar-refractivity contribution in [2.75, 3.05) is 12.4 Å². The molecule has 3 aromatic rings. The van der Waals surface area contributed by atoms with Gasteiger partial charge in [0.25, 0.3) is 11.8 Å². The van der Waals surface area contributed by atoms with Gasteiger partial charge in [0.15, 0.2) is 11.8 Å². The van der Waals surface area contributed by atoms with Gasteiger partial charge in [-0.25, -0.2) is 15.8 Å². The van der Waals surface area contributed by atoms with Crippen LogP contribution in [0, 0.1) is 6.92 Å². The number of amides is 2. The molecule has 2 amide bonds. The number of rotatable bonds is 10. The number of aryl methyl sites for hydroxylation is 1. The summed E-state index contributed by atoms with van der Waals surface area (Å²) in [5, 5.41) is 9.34. The Morgan fingerprint density at radius 3 is 2.03 bits per heavy atom. The molecule has 35 heavy (non-hydrogen) atoms. The average Bonchev–Trinajstić information content (AvgIpc) is 2.84. The molecule has 0 aliphatic heterocycles. The van der Waals surface area contributed by atoms with Gasteiger partial charge in [0.2, 0.25) is 5.88 Å². The van der Waals surface area contributed by atoms with Gasteiger partial charge in [-0.2, -0.15) is 15.2 Å². The fraction of sp³-hybridized carbons (Fsp3) is 0.130. The first kappa shape index (κ1) is 26.1. The van der Waals surface area contributed by atoms with Gasteiger partial charge in [-0.15, -0.1) is 0 Å². The third-order valence-corrected chi connectivity index (χ3v) is 5.39. The highest BCUT2D eigenvalue weighted by atomic mass is 35.5. The van der Waals surface area contributed by atoms with Gasteiger partial charge in [-0.05, 0) is 42.3 Å². The molecule has 0 saturated carbocycles. The number of thioether (sulfide) groups is 1. The summed E-state index contributed by atoms with van der Waals surface area (Å²) in [6, 6.07) is 15.6. The zero-order valence-corrected chi connectivity index (χ0v) is 20.8. The fourth-order valence-corrected chi connectivity index (χ4v) is 3.38. The highest BCUT2D eigenvalue weighted by molar-refractivity contribution is 7.99. The third kappa shape index (κ3) is 9.73. The molecular formula is C23H20Cl2N6O3S. The molecule has 0 unspecified atom stereocenters. The molecule has 0 saturated heterocycles. The molecule has 0 aliphatic carbocycles. The van der Waals surface area contributed by atoms with E-state index in [1.54, 1.807) is 61.5 Å². The van der Waals surface area contributed by atoms with Crippen molar-refractivity contribution in [1.29, 1.82) is 0 Å². The number of hydrogen-bond donors (Lipinski definition) is 2. The van der Waals surface area contributed by atoms with E-state index in [1.807, 2.05) is 0 Å². The molecule has 12 heteroatoms. The van der Waals surface area contributed by atoms with Gasteiger partial charge in [-0.3, -0.25) is 9.59 Å². The van der Waals surface area contributed by atoms with Crippen LogP contribution in [0.15, 0.2) is 70.0 Å². The first-order chi connectivity index (χ1) is 16.9. The second-order valence-electron chi connectivity index (χ2n) is 6.90. The highest BCUT2D eigenvalue weighted by Crippen LogP contribution is 2.17. The topological polar surface area (TPSA) is 118 Å². The van der Waals surface area contributed by atoms with Gasteiger partial charge in [0.1, 0.15) is 0 Å².